The van der Waals surface area contributed by atoms with E-state index in [-0.39, 0.29) is 18.6 Å². The molecule has 7 heteroatoms. The number of amides is 1. The van der Waals surface area contributed by atoms with Crippen LogP contribution in [0.25, 0.3) is 22.2 Å². The van der Waals surface area contributed by atoms with E-state index in [2.05, 4.69) is 23.2 Å². The Labute approximate surface area is 193 Å². The number of ether oxygens (including phenoxy) is 1. The molecule has 33 heavy (non-hydrogen) atoms. The lowest BCUT2D eigenvalue weighted by Gasteiger charge is -2.37. The quantitative estimate of drug-likeness (QED) is 0.547. The van der Waals surface area contributed by atoms with Gasteiger partial charge in [0.25, 0.3) is 0 Å². The van der Waals surface area contributed by atoms with E-state index in [1.54, 1.807) is 18.7 Å². The normalized spacial score (nSPS) is 15.1. The van der Waals surface area contributed by atoms with E-state index in [1.807, 2.05) is 31.2 Å². The molecule has 4 rings (SSSR count). The fraction of sp³-hybridized carbons (Fsp3) is 0.423. The van der Waals surface area contributed by atoms with Crippen molar-refractivity contribution in [2.45, 2.75) is 40.0 Å². The molecule has 2 aromatic carbocycles. The van der Waals surface area contributed by atoms with E-state index in [0.717, 1.165) is 22.0 Å². The van der Waals surface area contributed by atoms with Crippen LogP contribution < -0.4 is 0 Å². The van der Waals surface area contributed by atoms with E-state index in [1.165, 1.54) is 0 Å². The molecule has 0 unspecified atom stereocenters. The van der Waals surface area contributed by atoms with Crippen molar-refractivity contribution in [2.75, 3.05) is 19.7 Å². The monoisotopic (exact) mass is 450 g/mol. The first-order valence-electron chi connectivity index (χ1n) is 11.4. The first-order valence-corrected chi connectivity index (χ1v) is 11.4. The maximum Gasteiger partial charge on any atom is 0.409 e. The summed E-state index contributed by atoms with van der Waals surface area (Å²) in [6.07, 6.45) is 1.42. The van der Waals surface area contributed by atoms with Crippen molar-refractivity contribution in [3.63, 3.8) is 0 Å². The van der Waals surface area contributed by atoms with Crippen molar-refractivity contribution < 1.29 is 23.8 Å². The largest absolute Gasteiger partial charge is 0.481 e. The maximum absolute atomic E-state index is 12.5. The van der Waals surface area contributed by atoms with Crippen LogP contribution in [0.4, 0.5) is 4.79 Å². The van der Waals surface area contributed by atoms with Gasteiger partial charge in [-0.1, -0.05) is 30.3 Å². The molecule has 3 aromatic rings. The lowest BCUT2D eigenvalue weighted by atomic mass is 9.74. The van der Waals surface area contributed by atoms with Crippen LogP contribution in [0.1, 0.15) is 38.1 Å². The van der Waals surface area contributed by atoms with Gasteiger partial charge in [-0.25, -0.2) is 9.78 Å². The minimum atomic E-state index is -0.797. The van der Waals surface area contributed by atoms with Gasteiger partial charge in [-0.15, -0.1) is 0 Å². The number of piperidine rings is 1. The summed E-state index contributed by atoms with van der Waals surface area (Å²) in [5, 5.41) is 11.7. The number of carbonyl (C=O) groups is 2. The minimum absolute atomic E-state index is 0.0466. The number of nitrogens with zero attached hydrogens (tertiary/aromatic N) is 2. The number of oxazole rings is 1. The molecule has 1 aliphatic rings. The van der Waals surface area contributed by atoms with Crippen LogP contribution in [-0.4, -0.2) is 46.7 Å². The average molecular weight is 451 g/mol. The van der Waals surface area contributed by atoms with Crippen LogP contribution in [0.5, 0.6) is 0 Å². The molecule has 0 aliphatic carbocycles. The second-order valence-corrected chi connectivity index (χ2v) is 9.24. The fourth-order valence-electron chi connectivity index (χ4n) is 4.39. The number of aryl methyl sites for hydroxylation is 1. The number of hydrogen-bond donors (Lipinski definition) is 1. The van der Waals surface area contributed by atoms with Crippen LogP contribution in [0, 0.1) is 18.3 Å². The zero-order valence-electron chi connectivity index (χ0n) is 19.3. The van der Waals surface area contributed by atoms with Gasteiger partial charge in [0.2, 0.25) is 5.89 Å². The van der Waals surface area contributed by atoms with Crippen LogP contribution >= 0.6 is 0 Å². The van der Waals surface area contributed by atoms with Crippen molar-refractivity contribution in [3.8, 4) is 11.5 Å². The molecule has 2 heterocycles. The maximum atomic E-state index is 12.5. The smallest absolute Gasteiger partial charge is 0.409 e. The molecule has 174 valence electrons. The number of benzene rings is 2. The zero-order chi connectivity index (χ0) is 23.6. The molecule has 1 saturated heterocycles. The van der Waals surface area contributed by atoms with Crippen LogP contribution in [0.3, 0.4) is 0 Å². The van der Waals surface area contributed by atoms with E-state index >= 15 is 0 Å². The summed E-state index contributed by atoms with van der Waals surface area (Å²) < 4.78 is 11.3. The van der Waals surface area contributed by atoms with Gasteiger partial charge in [-0.05, 0) is 62.4 Å². The molecule has 7 nitrogen and oxygen atoms in total. The SMILES string of the molecule is Cc1oc(-c2ccc3ccccc3c2)nc1CCOC(=O)N1CCC(C(C)(C)C(=O)O)CC1. The van der Waals surface area contributed by atoms with Crippen LogP contribution in [-0.2, 0) is 16.0 Å². The van der Waals surface area contributed by atoms with Gasteiger partial charge in [-0.3, -0.25) is 4.79 Å². The van der Waals surface area contributed by atoms with Gasteiger partial charge in [0.15, 0.2) is 0 Å². The molecule has 0 atom stereocenters. The molecule has 1 N–H and O–H groups in total. The van der Waals surface area contributed by atoms with E-state index in [4.69, 9.17) is 9.15 Å². The van der Waals surface area contributed by atoms with Gasteiger partial charge in [-0.2, -0.15) is 0 Å². The molecule has 1 aromatic heterocycles. The third-order valence-corrected chi connectivity index (χ3v) is 6.78. The standard InChI is InChI=1S/C26H30N2O5/c1-17-22(27-23(33-17)20-9-8-18-6-4-5-7-19(18)16-20)12-15-32-25(31)28-13-10-21(11-14-28)26(2,3)24(29)30/h4-9,16,21H,10-15H2,1-3H3,(H,29,30). The second kappa shape index (κ2) is 9.25. The predicted molar refractivity (Wildman–Crippen MR) is 125 cm³/mol. The highest BCUT2D eigenvalue weighted by molar-refractivity contribution is 5.86. The lowest BCUT2D eigenvalue weighted by Crippen LogP contribution is -2.44. The summed E-state index contributed by atoms with van der Waals surface area (Å²) in [6, 6.07) is 14.2. The zero-order valence-corrected chi connectivity index (χ0v) is 19.3. The molecule has 0 radical (unpaired) electrons. The minimum Gasteiger partial charge on any atom is -0.481 e. The highest BCUT2D eigenvalue weighted by Crippen LogP contribution is 2.35. The number of fused-ring (bicyclic) bond motifs is 1. The van der Waals surface area contributed by atoms with Gasteiger partial charge in [0.1, 0.15) is 5.76 Å². The molecule has 0 bridgehead atoms. The molecule has 0 saturated carbocycles. The molecule has 0 spiro atoms. The number of carboxylic acids is 1. The first kappa shape index (κ1) is 22.8. The Morgan fingerprint density at radius 2 is 1.85 bits per heavy atom. The van der Waals surface area contributed by atoms with Crippen LogP contribution in [0.15, 0.2) is 46.9 Å². The van der Waals surface area contributed by atoms with Crippen LogP contribution in [0.2, 0.25) is 0 Å². The van der Waals surface area contributed by atoms with Gasteiger partial charge < -0.3 is 19.2 Å². The summed E-state index contributed by atoms with van der Waals surface area (Å²) >= 11 is 0. The summed E-state index contributed by atoms with van der Waals surface area (Å²) in [7, 11) is 0. The number of carbonyl (C=O) groups excluding carboxylic acids is 1. The molecular weight excluding hydrogens is 420 g/mol. The number of carboxylic acid groups (broad SMARTS) is 1. The number of aliphatic carboxylic acids is 1. The summed E-state index contributed by atoms with van der Waals surface area (Å²) in [4.78, 5) is 30.2. The highest BCUT2D eigenvalue weighted by Gasteiger charge is 2.39. The molecule has 1 fully saturated rings. The number of likely N-dealkylation sites (tertiary alicyclic amines) is 1. The van der Waals surface area contributed by atoms with Gasteiger partial charge in [0, 0.05) is 25.1 Å². The Morgan fingerprint density at radius 3 is 2.55 bits per heavy atom. The second-order valence-electron chi connectivity index (χ2n) is 9.24. The first-order chi connectivity index (χ1) is 15.8. The Hall–Kier alpha value is -3.35. The van der Waals surface area contributed by atoms with E-state index in [0.29, 0.717) is 44.0 Å². The van der Waals surface area contributed by atoms with E-state index < -0.39 is 11.4 Å². The van der Waals surface area contributed by atoms with Gasteiger partial charge >= 0.3 is 12.1 Å². The number of rotatable bonds is 6. The van der Waals surface area contributed by atoms with Gasteiger partial charge in [0.05, 0.1) is 17.7 Å². The number of aromatic nitrogens is 1. The van der Waals surface area contributed by atoms with Crippen molar-refractivity contribution in [2.24, 2.45) is 11.3 Å². The number of hydrogen-bond acceptors (Lipinski definition) is 5. The fourth-order valence-corrected chi connectivity index (χ4v) is 4.39. The Balaban J connectivity index is 1.31. The Kier molecular flexibility index (Phi) is 6.40. The Bertz CT molecular complexity index is 1160. The Morgan fingerprint density at radius 1 is 1.15 bits per heavy atom. The third-order valence-electron chi connectivity index (χ3n) is 6.78. The molecular formula is C26H30N2O5. The summed E-state index contributed by atoms with van der Waals surface area (Å²) in [5.41, 5.74) is 0.892. The van der Waals surface area contributed by atoms with Crippen molar-refractivity contribution in [1.82, 2.24) is 9.88 Å². The topological polar surface area (TPSA) is 92.9 Å². The average Bonchev–Trinajstić information content (AvgIpc) is 3.19. The van der Waals surface area contributed by atoms with E-state index in [9.17, 15) is 14.7 Å². The highest BCUT2D eigenvalue weighted by atomic mass is 16.6. The van der Waals surface area contributed by atoms with Crippen molar-refractivity contribution in [1.29, 1.82) is 0 Å². The third kappa shape index (κ3) is 4.87. The summed E-state index contributed by atoms with van der Waals surface area (Å²) in [5.74, 6) is 0.522. The summed E-state index contributed by atoms with van der Waals surface area (Å²) in [6.45, 7) is 6.60. The predicted octanol–water partition coefficient (Wildman–Crippen LogP) is 5.31. The molecule has 1 amide bonds. The van der Waals surface area contributed by atoms with Crippen molar-refractivity contribution in [3.05, 3.63) is 53.9 Å². The lowest BCUT2D eigenvalue weighted by molar-refractivity contribution is -0.151. The van der Waals surface area contributed by atoms with Crippen molar-refractivity contribution >= 4 is 22.8 Å². The molecule has 1 aliphatic heterocycles.